The second-order valence-corrected chi connectivity index (χ2v) is 7.52. The van der Waals surface area contributed by atoms with Crippen molar-refractivity contribution in [1.82, 2.24) is 9.78 Å². The molecule has 0 atom stereocenters. The summed E-state index contributed by atoms with van der Waals surface area (Å²) in [5.74, 6) is 0.378. The zero-order chi connectivity index (χ0) is 19.4. The van der Waals surface area contributed by atoms with Gasteiger partial charge in [0.15, 0.2) is 0 Å². The molecule has 0 radical (unpaired) electrons. The number of rotatable bonds is 6. The highest BCUT2D eigenvalue weighted by Gasteiger charge is 2.14. The molecule has 0 saturated carbocycles. The van der Waals surface area contributed by atoms with Crippen molar-refractivity contribution < 1.29 is 4.79 Å². The van der Waals surface area contributed by atoms with Crippen LogP contribution in [-0.2, 0) is 6.54 Å². The van der Waals surface area contributed by atoms with Crippen LogP contribution < -0.4 is 10.2 Å². The third-order valence-corrected chi connectivity index (χ3v) is 5.22. The van der Waals surface area contributed by atoms with Gasteiger partial charge in [-0.05, 0) is 42.2 Å². The number of thioether (sulfide) groups is 1. The number of aromatic nitrogens is 2. The van der Waals surface area contributed by atoms with Gasteiger partial charge in [0.25, 0.3) is 5.91 Å². The number of hydrogen-bond donors (Lipinski definition) is 1. The molecule has 0 aliphatic carbocycles. The summed E-state index contributed by atoms with van der Waals surface area (Å²) in [5.41, 5.74) is 2.69. The first-order valence-corrected chi connectivity index (χ1v) is 10.0. The summed E-state index contributed by atoms with van der Waals surface area (Å²) in [4.78, 5) is 15.7. The second kappa shape index (κ2) is 8.50. The maximum absolute atomic E-state index is 12.7. The van der Waals surface area contributed by atoms with Crippen LogP contribution in [0.1, 0.15) is 15.9 Å². The normalized spacial score (nSPS) is 10.7. The van der Waals surface area contributed by atoms with Gasteiger partial charge in [-0.25, -0.2) is 4.68 Å². The molecule has 0 unspecified atom stereocenters. The molecule has 0 aliphatic heterocycles. The van der Waals surface area contributed by atoms with Gasteiger partial charge in [-0.3, -0.25) is 4.79 Å². The number of carbonyl (C=O) groups excluding carboxylic acids is 1. The molecule has 5 nitrogen and oxygen atoms in total. The molecule has 7 heteroatoms. The maximum atomic E-state index is 12.7. The summed E-state index contributed by atoms with van der Waals surface area (Å²) in [7, 11) is 4.01. The van der Waals surface area contributed by atoms with Gasteiger partial charge in [0, 0.05) is 30.7 Å². The molecule has 0 fully saturated rings. The lowest BCUT2D eigenvalue weighted by molar-refractivity contribution is 0.102. The van der Waals surface area contributed by atoms with Crippen LogP contribution in [0, 0.1) is 0 Å². The Labute approximate surface area is 168 Å². The Bertz CT molecular complexity index is 937. The van der Waals surface area contributed by atoms with Gasteiger partial charge >= 0.3 is 0 Å². The van der Waals surface area contributed by atoms with E-state index in [9.17, 15) is 4.79 Å². The van der Waals surface area contributed by atoms with E-state index in [1.165, 1.54) is 0 Å². The summed E-state index contributed by atoms with van der Waals surface area (Å²) in [6, 6.07) is 15.4. The topological polar surface area (TPSA) is 50.2 Å². The Morgan fingerprint density at radius 1 is 1.19 bits per heavy atom. The molecule has 27 heavy (non-hydrogen) atoms. The Hall–Kier alpha value is -2.44. The van der Waals surface area contributed by atoms with E-state index in [1.807, 2.05) is 26.4 Å². The van der Waals surface area contributed by atoms with E-state index in [2.05, 4.69) is 39.6 Å². The van der Waals surface area contributed by atoms with Crippen molar-refractivity contribution in [3.63, 3.8) is 0 Å². The van der Waals surface area contributed by atoms with Crippen molar-refractivity contribution in [2.75, 3.05) is 30.6 Å². The second-order valence-electron chi connectivity index (χ2n) is 6.23. The standard InChI is InChI=1S/C20H21ClN4OS/c1-24(2)15-6-4-14(5-7-15)13-25-19(10-11-22-25)23-20(26)17-12-16(27-3)8-9-18(17)21/h4-12H,13H2,1-3H3,(H,23,26). The zero-order valence-electron chi connectivity index (χ0n) is 15.4. The summed E-state index contributed by atoms with van der Waals surface area (Å²) < 4.78 is 1.76. The lowest BCUT2D eigenvalue weighted by atomic mass is 10.2. The van der Waals surface area contributed by atoms with E-state index in [4.69, 9.17) is 11.6 Å². The molecule has 0 saturated heterocycles. The van der Waals surface area contributed by atoms with Gasteiger partial charge in [-0.15, -0.1) is 11.8 Å². The SMILES string of the molecule is CSc1ccc(Cl)c(C(=O)Nc2ccnn2Cc2ccc(N(C)C)cc2)c1. The van der Waals surface area contributed by atoms with Gasteiger partial charge in [0.2, 0.25) is 0 Å². The minimum Gasteiger partial charge on any atom is -0.378 e. The highest BCUT2D eigenvalue weighted by atomic mass is 35.5. The fourth-order valence-corrected chi connectivity index (χ4v) is 3.27. The Morgan fingerprint density at radius 2 is 1.93 bits per heavy atom. The monoisotopic (exact) mass is 400 g/mol. The molecular weight excluding hydrogens is 380 g/mol. The lowest BCUT2D eigenvalue weighted by Crippen LogP contribution is -2.16. The quantitative estimate of drug-likeness (QED) is 0.613. The predicted molar refractivity (Wildman–Crippen MR) is 113 cm³/mol. The first-order chi connectivity index (χ1) is 13.0. The fraction of sp³-hybridized carbons (Fsp3) is 0.200. The van der Waals surface area contributed by atoms with Crippen molar-refractivity contribution in [2.24, 2.45) is 0 Å². The number of amides is 1. The van der Waals surface area contributed by atoms with Crippen LogP contribution in [-0.4, -0.2) is 36.0 Å². The van der Waals surface area contributed by atoms with Crippen LogP contribution >= 0.6 is 23.4 Å². The molecule has 1 N–H and O–H groups in total. The highest BCUT2D eigenvalue weighted by Crippen LogP contribution is 2.24. The summed E-state index contributed by atoms with van der Waals surface area (Å²) in [5, 5.41) is 7.66. The molecule has 140 valence electrons. The van der Waals surface area contributed by atoms with Crippen molar-refractivity contribution in [1.29, 1.82) is 0 Å². The molecule has 3 rings (SSSR count). The number of carbonyl (C=O) groups is 1. The average Bonchev–Trinajstić information content (AvgIpc) is 3.09. The largest absolute Gasteiger partial charge is 0.378 e. The highest BCUT2D eigenvalue weighted by molar-refractivity contribution is 7.98. The number of anilines is 2. The number of nitrogens with one attached hydrogen (secondary N) is 1. The molecular formula is C20H21ClN4OS. The van der Waals surface area contributed by atoms with Gasteiger partial charge in [0.1, 0.15) is 5.82 Å². The van der Waals surface area contributed by atoms with E-state index >= 15 is 0 Å². The molecule has 0 bridgehead atoms. The molecule has 2 aromatic carbocycles. The Balaban J connectivity index is 1.76. The third kappa shape index (κ3) is 4.64. The third-order valence-electron chi connectivity index (χ3n) is 4.16. The molecule has 1 heterocycles. The van der Waals surface area contributed by atoms with E-state index in [0.717, 1.165) is 16.1 Å². The van der Waals surface area contributed by atoms with Crippen LogP contribution in [0.3, 0.4) is 0 Å². The van der Waals surface area contributed by atoms with E-state index in [0.29, 0.717) is 22.9 Å². The number of hydrogen-bond acceptors (Lipinski definition) is 4. The van der Waals surface area contributed by atoms with Crippen molar-refractivity contribution in [3.8, 4) is 0 Å². The van der Waals surface area contributed by atoms with Gasteiger partial charge in [-0.1, -0.05) is 23.7 Å². The van der Waals surface area contributed by atoms with Crippen LogP contribution in [0.25, 0.3) is 0 Å². The van der Waals surface area contributed by atoms with Crippen molar-refractivity contribution >= 4 is 40.8 Å². The Kier molecular flexibility index (Phi) is 6.08. The van der Waals surface area contributed by atoms with Crippen LogP contribution in [0.2, 0.25) is 5.02 Å². The average molecular weight is 401 g/mol. The predicted octanol–water partition coefficient (Wildman–Crippen LogP) is 4.63. The first-order valence-electron chi connectivity index (χ1n) is 8.41. The minimum atomic E-state index is -0.249. The smallest absolute Gasteiger partial charge is 0.258 e. The number of halogens is 1. The van der Waals surface area contributed by atoms with Crippen LogP contribution in [0.15, 0.2) is 59.6 Å². The summed E-state index contributed by atoms with van der Waals surface area (Å²) in [6.45, 7) is 0.564. The van der Waals surface area contributed by atoms with Crippen molar-refractivity contribution in [2.45, 2.75) is 11.4 Å². The zero-order valence-corrected chi connectivity index (χ0v) is 17.0. The van der Waals surface area contributed by atoms with E-state index in [1.54, 1.807) is 40.8 Å². The molecule has 0 spiro atoms. The molecule has 1 amide bonds. The lowest BCUT2D eigenvalue weighted by Gasteiger charge is -2.14. The summed E-state index contributed by atoms with van der Waals surface area (Å²) >= 11 is 7.77. The molecule has 0 aliphatic rings. The van der Waals surface area contributed by atoms with Gasteiger partial charge < -0.3 is 10.2 Å². The first kappa shape index (κ1) is 19.3. The Morgan fingerprint density at radius 3 is 2.59 bits per heavy atom. The number of nitrogens with zero attached hydrogens (tertiary/aromatic N) is 3. The fourth-order valence-electron chi connectivity index (χ4n) is 2.63. The van der Waals surface area contributed by atoms with Crippen LogP contribution in [0.5, 0.6) is 0 Å². The molecule has 3 aromatic rings. The number of benzene rings is 2. The van der Waals surface area contributed by atoms with Gasteiger partial charge in [-0.2, -0.15) is 5.10 Å². The molecule has 1 aromatic heterocycles. The van der Waals surface area contributed by atoms with Gasteiger partial charge in [0.05, 0.1) is 23.3 Å². The van der Waals surface area contributed by atoms with E-state index in [-0.39, 0.29) is 5.91 Å². The summed E-state index contributed by atoms with van der Waals surface area (Å²) in [6.07, 6.45) is 3.63. The van der Waals surface area contributed by atoms with Crippen LogP contribution in [0.4, 0.5) is 11.5 Å². The van der Waals surface area contributed by atoms with E-state index < -0.39 is 0 Å². The minimum absolute atomic E-state index is 0.249. The van der Waals surface area contributed by atoms with Crippen molar-refractivity contribution in [3.05, 3.63) is 70.9 Å². The maximum Gasteiger partial charge on any atom is 0.258 e.